The maximum absolute atomic E-state index is 12.8. The second kappa shape index (κ2) is 8.23. The third-order valence-corrected chi connectivity index (χ3v) is 6.89. The molecule has 1 fully saturated rings. The Balaban J connectivity index is 1.69. The lowest BCUT2D eigenvalue weighted by Gasteiger charge is -2.31. The Morgan fingerprint density at radius 2 is 1.74 bits per heavy atom. The van der Waals surface area contributed by atoms with E-state index < -0.39 is 10.0 Å². The Bertz CT molecular complexity index is 890. The molecule has 0 bridgehead atoms. The number of para-hydroxylation sites is 1. The minimum Gasteiger partial charge on any atom is -0.325 e. The molecule has 1 aliphatic heterocycles. The van der Waals surface area contributed by atoms with Gasteiger partial charge >= 0.3 is 0 Å². The summed E-state index contributed by atoms with van der Waals surface area (Å²) in [5, 5.41) is 3.01. The molecule has 1 aliphatic rings. The van der Waals surface area contributed by atoms with Crippen LogP contribution >= 0.6 is 0 Å². The first-order chi connectivity index (χ1) is 12.9. The van der Waals surface area contributed by atoms with E-state index in [1.54, 1.807) is 0 Å². The van der Waals surface area contributed by atoms with Crippen molar-refractivity contribution < 1.29 is 13.2 Å². The number of sulfonamides is 1. The minimum absolute atomic E-state index is 0.0287. The molecule has 1 heterocycles. The number of nitrogens with zero attached hydrogens (tertiary/aromatic N) is 1. The highest BCUT2D eigenvalue weighted by molar-refractivity contribution is 7.88. The van der Waals surface area contributed by atoms with Gasteiger partial charge in [0, 0.05) is 18.8 Å². The van der Waals surface area contributed by atoms with E-state index in [0.29, 0.717) is 19.4 Å². The highest BCUT2D eigenvalue weighted by atomic mass is 32.2. The molecule has 2 aromatic carbocycles. The lowest BCUT2D eigenvalue weighted by Crippen LogP contribution is -2.44. The van der Waals surface area contributed by atoms with Crippen LogP contribution in [-0.2, 0) is 20.6 Å². The number of nitrogens with one attached hydrogen (secondary N) is 1. The zero-order chi connectivity index (χ0) is 19.4. The fraction of sp³-hybridized carbons (Fsp3) is 0.381. The van der Waals surface area contributed by atoms with Crippen LogP contribution in [0.1, 0.15) is 29.5 Å². The topological polar surface area (TPSA) is 66.5 Å². The third-order valence-electron chi connectivity index (χ3n) is 5.07. The zero-order valence-corrected chi connectivity index (χ0v) is 16.6. The van der Waals surface area contributed by atoms with Crippen molar-refractivity contribution in [3.63, 3.8) is 0 Å². The van der Waals surface area contributed by atoms with Gasteiger partial charge in [0.15, 0.2) is 0 Å². The van der Waals surface area contributed by atoms with Gasteiger partial charge in [0.1, 0.15) is 0 Å². The molecule has 0 aromatic heterocycles. The normalized spacial score (nSPS) is 18.2. The van der Waals surface area contributed by atoms with Crippen LogP contribution in [-0.4, -0.2) is 31.7 Å². The van der Waals surface area contributed by atoms with E-state index in [0.717, 1.165) is 22.4 Å². The van der Waals surface area contributed by atoms with Crippen LogP contribution in [0.5, 0.6) is 0 Å². The maximum Gasteiger partial charge on any atom is 0.228 e. The predicted molar refractivity (Wildman–Crippen MR) is 108 cm³/mol. The average Bonchev–Trinajstić information content (AvgIpc) is 2.65. The first kappa shape index (κ1) is 19.6. The molecule has 0 radical (unpaired) electrons. The lowest BCUT2D eigenvalue weighted by molar-refractivity contribution is -0.120. The maximum atomic E-state index is 12.8. The van der Waals surface area contributed by atoms with Crippen molar-refractivity contribution in [1.29, 1.82) is 0 Å². The number of amides is 1. The van der Waals surface area contributed by atoms with Gasteiger partial charge in [-0.25, -0.2) is 12.7 Å². The summed E-state index contributed by atoms with van der Waals surface area (Å²) in [6, 6.07) is 15.0. The summed E-state index contributed by atoms with van der Waals surface area (Å²) in [6.07, 6.45) is 1.40. The highest BCUT2D eigenvalue weighted by Crippen LogP contribution is 2.25. The van der Waals surface area contributed by atoms with Crippen LogP contribution in [0.2, 0.25) is 0 Å². The summed E-state index contributed by atoms with van der Waals surface area (Å²) in [6.45, 7) is 4.63. The molecule has 1 N–H and O–H groups in total. The van der Waals surface area contributed by atoms with Gasteiger partial charge < -0.3 is 5.32 Å². The van der Waals surface area contributed by atoms with Gasteiger partial charge in [0.05, 0.1) is 11.7 Å². The van der Waals surface area contributed by atoms with Crippen LogP contribution in [0.25, 0.3) is 0 Å². The van der Waals surface area contributed by atoms with Gasteiger partial charge in [-0.3, -0.25) is 4.79 Å². The molecule has 144 valence electrons. The second-order valence-electron chi connectivity index (χ2n) is 7.20. The molecule has 1 atom stereocenters. The average molecular weight is 387 g/mol. The molecular formula is C21H26N2O3S. The summed E-state index contributed by atoms with van der Waals surface area (Å²) < 4.78 is 27.0. The SMILES string of the molecule is Cc1cccc(C)c1NC(=O)[C@H]1CCCN(S(=O)(=O)Cc2ccccc2)C1. The van der Waals surface area contributed by atoms with E-state index in [2.05, 4.69) is 5.32 Å². The van der Waals surface area contributed by atoms with Gasteiger partial charge in [-0.05, 0) is 43.4 Å². The molecule has 0 saturated carbocycles. The Morgan fingerprint density at radius 3 is 2.41 bits per heavy atom. The molecule has 1 saturated heterocycles. The molecule has 2 aromatic rings. The number of rotatable bonds is 5. The molecule has 0 unspecified atom stereocenters. The fourth-order valence-electron chi connectivity index (χ4n) is 3.52. The van der Waals surface area contributed by atoms with Crippen molar-refractivity contribution in [3.05, 3.63) is 65.2 Å². The number of carbonyl (C=O) groups is 1. The quantitative estimate of drug-likeness (QED) is 0.855. The van der Waals surface area contributed by atoms with Crippen molar-refractivity contribution in [1.82, 2.24) is 4.31 Å². The van der Waals surface area contributed by atoms with Crippen LogP contribution < -0.4 is 5.32 Å². The van der Waals surface area contributed by atoms with E-state index in [-0.39, 0.29) is 24.1 Å². The smallest absolute Gasteiger partial charge is 0.228 e. The van der Waals surface area contributed by atoms with E-state index in [1.807, 2.05) is 62.4 Å². The third kappa shape index (κ3) is 4.76. The summed E-state index contributed by atoms with van der Waals surface area (Å²) in [7, 11) is -3.44. The number of hydrogen-bond acceptors (Lipinski definition) is 3. The van der Waals surface area contributed by atoms with E-state index in [1.165, 1.54) is 4.31 Å². The summed E-state index contributed by atoms with van der Waals surface area (Å²) >= 11 is 0. The Kier molecular flexibility index (Phi) is 5.97. The molecule has 0 aliphatic carbocycles. The molecule has 1 amide bonds. The predicted octanol–water partition coefficient (Wildman–Crippen LogP) is 3.48. The van der Waals surface area contributed by atoms with E-state index in [4.69, 9.17) is 0 Å². The molecular weight excluding hydrogens is 360 g/mol. The van der Waals surface area contributed by atoms with Gasteiger partial charge in [-0.15, -0.1) is 0 Å². The standard InChI is InChI=1S/C21H26N2O3S/c1-16-8-6-9-17(2)20(16)22-21(24)19-12-7-13-23(14-19)27(25,26)15-18-10-4-3-5-11-18/h3-6,8-11,19H,7,12-15H2,1-2H3,(H,22,24)/t19-/m0/s1. The van der Waals surface area contributed by atoms with Gasteiger partial charge in [0.25, 0.3) is 0 Å². The molecule has 6 heteroatoms. The number of hydrogen-bond donors (Lipinski definition) is 1. The first-order valence-corrected chi connectivity index (χ1v) is 10.9. The Hall–Kier alpha value is -2.18. The Morgan fingerprint density at radius 1 is 1.07 bits per heavy atom. The summed E-state index contributed by atoms with van der Waals surface area (Å²) in [4.78, 5) is 12.8. The fourth-order valence-corrected chi connectivity index (χ4v) is 5.13. The monoisotopic (exact) mass is 386 g/mol. The lowest BCUT2D eigenvalue weighted by atomic mass is 9.98. The summed E-state index contributed by atoms with van der Waals surface area (Å²) in [5.41, 5.74) is 3.60. The molecule has 5 nitrogen and oxygen atoms in total. The van der Waals surface area contributed by atoms with Gasteiger partial charge in [0.2, 0.25) is 15.9 Å². The van der Waals surface area contributed by atoms with Crippen LogP contribution in [0.3, 0.4) is 0 Å². The van der Waals surface area contributed by atoms with Crippen molar-refractivity contribution in [2.45, 2.75) is 32.4 Å². The minimum atomic E-state index is -3.44. The van der Waals surface area contributed by atoms with Crippen molar-refractivity contribution in [3.8, 4) is 0 Å². The van der Waals surface area contributed by atoms with Crippen LogP contribution in [0.15, 0.2) is 48.5 Å². The summed E-state index contributed by atoms with van der Waals surface area (Å²) in [5.74, 6) is -0.464. The van der Waals surface area contributed by atoms with Crippen molar-refractivity contribution in [2.75, 3.05) is 18.4 Å². The van der Waals surface area contributed by atoms with E-state index >= 15 is 0 Å². The highest BCUT2D eigenvalue weighted by Gasteiger charge is 2.32. The van der Waals surface area contributed by atoms with Crippen LogP contribution in [0.4, 0.5) is 5.69 Å². The number of anilines is 1. The zero-order valence-electron chi connectivity index (χ0n) is 15.8. The van der Waals surface area contributed by atoms with Crippen molar-refractivity contribution in [2.24, 2.45) is 5.92 Å². The van der Waals surface area contributed by atoms with Crippen LogP contribution in [0, 0.1) is 19.8 Å². The van der Waals surface area contributed by atoms with E-state index in [9.17, 15) is 13.2 Å². The molecule has 3 rings (SSSR count). The number of benzene rings is 2. The molecule has 27 heavy (non-hydrogen) atoms. The first-order valence-electron chi connectivity index (χ1n) is 9.25. The largest absolute Gasteiger partial charge is 0.325 e. The van der Waals surface area contributed by atoms with Gasteiger partial charge in [-0.1, -0.05) is 48.5 Å². The van der Waals surface area contributed by atoms with Crippen molar-refractivity contribution >= 4 is 21.6 Å². The number of carbonyl (C=O) groups excluding carboxylic acids is 1. The number of piperidine rings is 1. The second-order valence-corrected chi connectivity index (χ2v) is 9.16. The molecule has 0 spiro atoms. The number of aryl methyl sites for hydroxylation is 2. The Labute approximate surface area is 161 Å². The van der Waals surface area contributed by atoms with Gasteiger partial charge in [-0.2, -0.15) is 0 Å².